The molecule has 0 bridgehead atoms. The maximum atomic E-state index is 11.2. The Kier molecular flexibility index (Phi) is 5.09. The minimum absolute atomic E-state index is 0.154. The van der Waals surface area contributed by atoms with Gasteiger partial charge in [-0.05, 0) is 48.9 Å². The Morgan fingerprint density at radius 1 is 0.731 bits per heavy atom. The van der Waals surface area contributed by atoms with Gasteiger partial charge in [-0.25, -0.2) is 0 Å². The fourth-order valence-corrected chi connectivity index (χ4v) is 5.15. The first-order valence-corrected chi connectivity index (χ1v) is 10.3. The van der Waals surface area contributed by atoms with E-state index in [1.165, 1.54) is 37.7 Å². The van der Waals surface area contributed by atoms with E-state index in [-0.39, 0.29) is 5.54 Å². The van der Waals surface area contributed by atoms with Crippen LogP contribution in [-0.4, -0.2) is 23.1 Å². The molecule has 4 rings (SSSR count). The van der Waals surface area contributed by atoms with Gasteiger partial charge in [0.25, 0.3) is 0 Å². The van der Waals surface area contributed by atoms with Gasteiger partial charge in [0.1, 0.15) is 0 Å². The molecule has 0 unspecified atom stereocenters. The minimum atomic E-state index is -0.729. The van der Waals surface area contributed by atoms with Gasteiger partial charge in [0.2, 0.25) is 0 Å². The molecule has 0 aromatic heterocycles. The standard InChI is InChI=1S/C23H28ClNO/c24-21-11-9-20(10-12-21)23(26)15-17-25(18-16-23)22(13-5-2-6-14-22)19-7-3-1-4-8-19/h1,3-4,7-12,26H,2,5-6,13-18H2. The van der Waals surface area contributed by atoms with E-state index in [1.54, 1.807) is 0 Å². The fourth-order valence-electron chi connectivity index (χ4n) is 5.03. The maximum Gasteiger partial charge on any atom is 0.0920 e. The highest BCUT2D eigenvalue weighted by Gasteiger charge is 2.44. The first-order chi connectivity index (χ1) is 12.6. The first kappa shape index (κ1) is 18.0. The van der Waals surface area contributed by atoms with Crippen molar-refractivity contribution >= 4 is 11.6 Å². The van der Waals surface area contributed by atoms with Crippen molar-refractivity contribution in [1.29, 1.82) is 0 Å². The summed E-state index contributed by atoms with van der Waals surface area (Å²) in [6.07, 6.45) is 7.97. The molecule has 138 valence electrons. The Hall–Kier alpha value is -1.35. The molecule has 2 aromatic carbocycles. The highest BCUT2D eigenvalue weighted by Crippen LogP contribution is 2.45. The molecule has 0 radical (unpaired) electrons. The van der Waals surface area contributed by atoms with Crippen molar-refractivity contribution in [2.75, 3.05) is 13.1 Å². The van der Waals surface area contributed by atoms with Gasteiger partial charge in [0.15, 0.2) is 0 Å². The molecule has 2 aromatic rings. The van der Waals surface area contributed by atoms with Crippen LogP contribution in [0.15, 0.2) is 54.6 Å². The summed E-state index contributed by atoms with van der Waals surface area (Å²) < 4.78 is 0. The number of benzene rings is 2. The van der Waals surface area contributed by atoms with Crippen LogP contribution in [0, 0.1) is 0 Å². The second-order valence-corrected chi connectivity index (χ2v) is 8.42. The second kappa shape index (κ2) is 7.34. The summed E-state index contributed by atoms with van der Waals surface area (Å²) in [6.45, 7) is 1.88. The summed E-state index contributed by atoms with van der Waals surface area (Å²) in [7, 11) is 0. The molecule has 3 heteroatoms. The van der Waals surface area contributed by atoms with E-state index in [1.807, 2.05) is 24.3 Å². The number of piperidine rings is 1. The molecule has 1 aliphatic carbocycles. The molecular formula is C23H28ClNO. The zero-order valence-electron chi connectivity index (χ0n) is 15.3. The van der Waals surface area contributed by atoms with Crippen molar-refractivity contribution < 1.29 is 5.11 Å². The third kappa shape index (κ3) is 3.31. The monoisotopic (exact) mass is 369 g/mol. The number of rotatable bonds is 3. The van der Waals surface area contributed by atoms with Gasteiger partial charge in [0, 0.05) is 23.7 Å². The molecule has 1 saturated carbocycles. The number of likely N-dealkylation sites (tertiary alicyclic amines) is 1. The Morgan fingerprint density at radius 2 is 1.35 bits per heavy atom. The molecule has 2 aliphatic rings. The molecular weight excluding hydrogens is 342 g/mol. The van der Waals surface area contributed by atoms with E-state index in [9.17, 15) is 5.11 Å². The lowest BCUT2D eigenvalue weighted by Gasteiger charge is -2.51. The Labute approximate surface area is 161 Å². The molecule has 1 N–H and O–H groups in total. The van der Waals surface area contributed by atoms with Crippen molar-refractivity contribution in [3.8, 4) is 0 Å². The molecule has 1 saturated heterocycles. The summed E-state index contributed by atoms with van der Waals surface area (Å²) in [5.74, 6) is 0. The van der Waals surface area contributed by atoms with Gasteiger partial charge in [-0.1, -0.05) is 73.3 Å². The van der Waals surface area contributed by atoms with E-state index < -0.39 is 5.60 Å². The topological polar surface area (TPSA) is 23.5 Å². The number of halogens is 1. The van der Waals surface area contributed by atoms with Crippen LogP contribution in [0.4, 0.5) is 0 Å². The van der Waals surface area contributed by atoms with Gasteiger partial charge in [-0.2, -0.15) is 0 Å². The predicted molar refractivity (Wildman–Crippen MR) is 107 cm³/mol. The van der Waals surface area contributed by atoms with Gasteiger partial charge in [0.05, 0.1) is 5.60 Å². The smallest absolute Gasteiger partial charge is 0.0920 e. The third-order valence-corrected chi connectivity index (χ3v) is 6.82. The molecule has 0 spiro atoms. The number of aliphatic hydroxyl groups is 1. The Morgan fingerprint density at radius 3 is 1.96 bits per heavy atom. The van der Waals surface area contributed by atoms with Crippen LogP contribution in [-0.2, 0) is 11.1 Å². The number of hydrogen-bond donors (Lipinski definition) is 1. The van der Waals surface area contributed by atoms with Crippen LogP contribution in [0.5, 0.6) is 0 Å². The lowest BCUT2D eigenvalue weighted by molar-refractivity contribution is -0.0668. The van der Waals surface area contributed by atoms with Crippen molar-refractivity contribution in [2.45, 2.75) is 56.1 Å². The molecule has 2 nitrogen and oxygen atoms in total. The molecule has 2 fully saturated rings. The zero-order chi connectivity index (χ0) is 18.0. The van der Waals surface area contributed by atoms with Gasteiger partial charge in [-0.15, -0.1) is 0 Å². The molecule has 26 heavy (non-hydrogen) atoms. The van der Waals surface area contributed by atoms with Crippen molar-refractivity contribution in [1.82, 2.24) is 4.90 Å². The maximum absolute atomic E-state index is 11.2. The number of hydrogen-bond acceptors (Lipinski definition) is 2. The SMILES string of the molecule is OC1(c2ccc(Cl)cc2)CCN(C2(c3ccccc3)CCCCC2)CC1. The van der Waals surface area contributed by atoms with Crippen LogP contribution in [0.2, 0.25) is 5.02 Å². The van der Waals surface area contributed by atoms with Crippen molar-refractivity contribution in [3.63, 3.8) is 0 Å². The van der Waals surface area contributed by atoms with Gasteiger partial charge in [-0.3, -0.25) is 4.90 Å². The van der Waals surface area contributed by atoms with E-state index in [2.05, 4.69) is 35.2 Å². The van der Waals surface area contributed by atoms with E-state index >= 15 is 0 Å². The molecule has 0 atom stereocenters. The van der Waals surface area contributed by atoms with Crippen LogP contribution in [0.1, 0.15) is 56.1 Å². The largest absolute Gasteiger partial charge is 0.385 e. The second-order valence-electron chi connectivity index (χ2n) is 7.98. The molecule has 1 aliphatic heterocycles. The summed E-state index contributed by atoms with van der Waals surface area (Å²) in [5, 5.41) is 12.0. The minimum Gasteiger partial charge on any atom is -0.385 e. The molecule has 0 amide bonds. The number of nitrogens with zero attached hydrogens (tertiary/aromatic N) is 1. The third-order valence-electron chi connectivity index (χ3n) is 6.57. The Bertz CT molecular complexity index is 714. The summed E-state index contributed by atoms with van der Waals surface area (Å²) in [4.78, 5) is 2.66. The van der Waals surface area contributed by atoms with Crippen LogP contribution >= 0.6 is 11.6 Å². The van der Waals surface area contributed by atoms with Crippen LogP contribution in [0.3, 0.4) is 0 Å². The Balaban J connectivity index is 1.56. The average molecular weight is 370 g/mol. The van der Waals surface area contributed by atoms with E-state index in [4.69, 9.17) is 11.6 Å². The first-order valence-electron chi connectivity index (χ1n) is 9.91. The highest BCUT2D eigenvalue weighted by molar-refractivity contribution is 6.30. The van der Waals surface area contributed by atoms with Crippen LogP contribution in [0.25, 0.3) is 0 Å². The van der Waals surface area contributed by atoms with Crippen molar-refractivity contribution in [3.05, 3.63) is 70.7 Å². The normalized spacial score (nSPS) is 22.8. The van der Waals surface area contributed by atoms with E-state index in [0.717, 1.165) is 36.5 Å². The summed E-state index contributed by atoms with van der Waals surface area (Å²) in [6, 6.07) is 18.8. The van der Waals surface area contributed by atoms with E-state index in [0.29, 0.717) is 0 Å². The zero-order valence-corrected chi connectivity index (χ0v) is 16.1. The quantitative estimate of drug-likeness (QED) is 0.773. The summed E-state index contributed by atoms with van der Waals surface area (Å²) >= 11 is 6.02. The van der Waals surface area contributed by atoms with Gasteiger partial charge < -0.3 is 5.11 Å². The van der Waals surface area contributed by atoms with Crippen molar-refractivity contribution in [2.24, 2.45) is 0 Å². The fraction of sp³-hybridized carbons (Fsp3) is 0.478. The molecule has 1 heterocycles. The predicted octanol–water partition coefficient (Wildman–Crippen LogP) is 5.48. The van der Waals surface area contributed by atoms with Crippen LogP contribution < -0.4 is 0 Å². The average Bonchev–Trinajstić information content (AvgIpc) is 2.70. The van der Waals surface area contributed by atoms with Gasteiger partial charge >= 0.3 is 0 Å². The summed E-state index contributed by atoms with van der Waals surface area (Å²) in [5.41, 5.74) is 1.88. The lowest BCUT2D eigenvalue weighted by Crippen LogP contribution is -2.53. The highest BCUT2D eigenvalue weighted by atomic mass is 35.5. The lowest BCUT2D eigenvalue weighted by atomic mass is 9.73.